The second-order valence-electron chi connectivity index (χ2n) is 3.31. The minimum absolute atomic E-state index is 0.0574. The van der Waals surface area contributed by atoms with Crippen molar-refractivity contribution in [1.82, 2.24) is 0 Å². The molecule has 0 spiro atoms. The molecule has 1 aliphatic heterocycles. The first-order valence-corrected chi connectivity index (χ1v) is 5.40. The van der Waals surface area contributed by atoms with Crippen molar-refractivity contribution in [2.45, 2.75) is 5.92 Å². The number of nitro groups is 1. The van der Waals surface area contributed by atoms with Gasteiger partial charge in [0.15, 0.2) is 11.6 Å². The Morgan fingerprint density at radius 1 is 1.50 bits per heavy atom. The Labute approximate surface area is 105 Å². The standard InChI is InChI=1S/C9H5N5O3S/c10-3-5(4-11)6-1-2-7(13(15)16)9-8(6)12-18-14(9)17/h1-2,5,12,17H. The van der Waals surface area contributed by atoms with E-state index in [-0.39, 0.29) is 17.1 Å². The molecule has 0 fully saturated rings. The van der Waals surface area contributed by atoms with Crippen LogP contribution in [0.15, 0.2) is 12.1 Å². The van der Waals surface area contributed by atoms with Gasteiger partial charge in [-0.3, -0.25) is 15.3 Å². The Kier molecular flexibility index (Phi) is 2.93. The zero-order valence-electron chi connectivity index (χ0n) is 8.69. The largest absolute Gasteiger partial charge is 0.308 e. The normalized spacial score (nSPS) is 12.6. The molecule has 2 rings (SSSR count). The lowest BCUT2D eigenvalue weighted by molar-refractivity contribution is -0.384. The van der Waals surface area contributed by atoms with Crippen LogP contribution in [0.2, 0.25) is 0 Å². The van der Waals surface area contributed by atoms with E-state index in [1.807, 2.05) is 0 Å². The van der Waals surface area contributed by atoms with E-state index < -0.39 is 10.8 Å². The highest BCUT2D eigenvalue weighted by atomic mass is 32.2. The van der Waals surface area contributed by atoms with E-state index in [1.165, 1.54) is 6.07 Å². The third-order valence-corrected chi connectivity index (χ3v) is 3.03. The van der Waals surface area contributed by atoms with Crippen molar-refractivity contribution in [3.63, 3.8) is 0 Å². The lowest BCUT2D eigenvalue weighted by atomic mass is 9.98. The number of nitrogens with one attached hydrogen (secondary N) is 1. The van der Waals surface area contributed by atoms with E-state index in [0.717, 1.165) is 18.2 Å². The average Bonchev–Trinajstić information content (AvgIpc) is 2.73. The number of nitrogens with zero attached hydrogens (tertiary/aromatic N) is 4. The third kappa shape index (κ3) is 1.68. The molecule has 1 aromatic rings. The Morgan fingerprint density at radius 2 is 2.17 bits per heavy atom. The zero-order chi connectivity index (χ0) is 13.3. The molecule has 0 aliphatic carbocycles. The number of fused-ring (bicyclic) bond motifs is 1. The highest BCUT2D eigenvalue weighted by molar-refractivity contribution is 8.02. The number of hydrogen-bond acceptors (Lipinski definition) is 8. The molecule has 2 N–H and O–H groups in total. The van der Waals surface area contributed by atoms with Gasteiger partial charge < -0.3 is 4.72 Å². The fraction of sp³-hybridized carbons (Fsp3) is 0.111. The molecule has 0 radical (unpaired) electrons. The molecule has 1 aliphatic rings. The molecule has 0 amide bonds. The van der Waals surface area contributed by atoms with E-state index in [0.29, 0.717) is 10.0 Å². The lowest BCUT2D eigenvalue weighted by Crippen LogP contribution is -2.05. The number of anilines is 2. The smallest absolute Gasteiger partial charge is 0.298 e. The highest BCUT2D eigenvalue weighted by Crippen LogP contribution is 2.47. The fourth-order valence-electron chi connectivity index (χ4n) is 1.59. The Hall–Kier alpha value is -2.49. The van der Waals surface area contributed by atoms with Gasteiger partial charge in [0.25, 0.3) is 5.69 Å². The van der Waals surface area contributed by atoms with Crippen molar-refractivity contribution in [3.05, 3.63) is 27.8 Å². The zero-order valence-corrected chi connectivity index (χ0v) is 9.51. The summed E-state index contributed by atoms with van der Waals surface area (Å²) in [6.07, 6.45) is 0. The first-order valence-electron chi connectivity index (χ1n) is 4.62. The SMILES string of the molecule is N#CC(C#N)c1ccc([N+](=O)[O-])c2c1NSN2O. The number of nitriles is 2. The topological polar surface area (TPSA) is 126 Å². The predicted octanol–water partition coefficient (Wildman–Crippen LogP) is 1.91. The van der Waals surface area contributed by atoms with Crippen molar-refractivity contribution in [1.29, 1.82) is 10.5 Å². The molecule has 18 heavy (non-hydrogen) atoms. The van der Waals surface area contributed by atoms with Crippen molar-refractivity contribution in [2.75, 3.05) is 9.19 Å². The van der Waals surface area contributed by atoms with Gasteiger partial charge in [0.2, 0.25) is 0 Å². The number of hydrogen-bond donors (Lipinski definition) is 2. The minimum Gasteiger partial charge on any atom is -0.308 e. The first-order chi connectivity index (χ1) is 8.60. The maximum absolute atomic E-state index is 10.8. The van der Waals surface area contributed by atoms with Crippen LogP contribution in [0.25, 0.3) is 0 Å². The molecular formula is C9H5N5O3S. The molecule has 8 nitrogen and oxygen atoms in total. The summed E-state index contributed by atoms with van der Waals surface area (Å²) in [6, 6.07) is 6.06. The van der Waals surface area contributed by atoms with Crippen LogP contribution in [0, 0.1) is 32.8 Å². The molecular weight excluding hydrogens is 258 g/mol. The second kappa shape index (κ2) is 4.41. The van der Waals surface area contributed by atoms with Crippen LogP contribution >= 0.6 is 12.1 Å². The fourth-order valence-corrected chi connectivity index (χ4v) is 2.26. The van der Waals surface area contributed by atoms with Crippen molar-refractivity contribution in [2.24, 2.45) is 0 Å². The maximum atomic E-state index is 10.8. The van der Waals surface area contributed by atoms with Crippen LogP contribution in [0.5, 0.6) is 0 Å². The molecule has 9 heteroatoms. The van der Waals surface area contributed by atoms with Gasteiger partial charge >= 0.3 is 0 Å². The molecule has 0 atom stereocenters. The van der Waals surface area contributed by atoms with Gasteiger partial charge in [-0.15, -0.1) is 0 Å². The quantitative estimate of drug-likeness (QED) is 0.470. The van der Waals surface area contributed by atoms with Crippen LogP contribution < -0.4 is 9.19 Å². The predicted molar refractivity (Wildman–Crippen MR) is 62.5 cm³/mol. The molecule has 0 unspecified atom stereocenters. The highest BCUT2D eigenvalue weighted by Gasteiger charge is 2.33. The Balaban J connectivity index is 2.66. The van der Waals surface area contributed by atoms with Gasteiger partial charge in [0.05, 0.1) is 34.9 Å². The molecule has 0 saturated carbocycles. The van der Waals surface area contributed by atoms with Gasteiger partial charge in [0, 0.05) is 11.6 Å². The van der Waals surface area contributed by atoms with Crippen LogP contribution in [0.1, 0.15) is 11.5 Å². The summed E-state index contributed by atoms with van der Waals surface area (Å²) in [5.74, 6) is -1.06. The van der Waals surface area contributed by atoms with Crippen molar-refractivity contribution < 1.29 is 10.1 Å². The van der Waals surface area contributed by atoms with Crippen molar-refractivity contribution in [3.8, 4) is 12.1 Å². The molecule has 0 bridgehead atoms. The summed E-state index contributed by atoms with van der Waals surface area (Å²) < 4.78 is 3.25. The van der Waals surface area contributed by atoms with Gasteiger partial charge in [-0.1, -0.05) is 0 Å². The van der Waals surface area contributed by atoms with E-state index in [4.69, 9.17) is 10.5 Å². The van der Waals surface area contributed by atoms with E-state index in [2.05, 4.69) is 4.72 Å². The van der Waals surface area contributed by atoms with Crippen LogP contribution in [0.3, 0.4) is 0 Å². The Bertz CT molecular complexity index is 591. The van der Waals surface area contributed by atoms with Gasteiger partial charge in [-0.2, -0.15) is 15.0 Å². The van der Waals surface area contributed by atoms with E-state index >= 15 is 0 Å². The number of nitro benzene ring substituents is 1. The number of rotatable bonds is 2. The number of benzene rings is 1. The van der Waals surface area contributed by atoms with Crippen molar-refractivity contribution >= 4 is 29.2 Å². The molecule has 0 saturated heterocycles. The molecule has 0 aromatic heterocycles. The maximum Gasteiger partial charge on any atom is 0.298 e. The lowest BCUT2D eigenvalue weighted by Gasteiger charge is -2.08. The summed E-state index contributed by atoms with van der Waals surface area (Å²) >= 11 is 0.726. The average molecular weight is 263 g/mol. The first kappa shape index (κ1) is 12.0. The third-order valence-electron chi connectivity index (χ3n) is 2.38. The van der Waals surface area contributed by atoms with E-state index in [9.17, 15) is 15.3 Å². The summed E-state index contributed by atoms with van der Waals surface area (Å²) in [7, 11) is 0. The molecule has 1 heterocycles. The molecule has 90 valence electrons. The Morgan fingerprint density at radius 3 is 2.72 bits per heavy atom. The second-order valence-corrected chi connectivity index (χ2v) is 4.04. The monoisotopic (exact) mass is 263 g/mol. The van der Waals surface area contributed by atoms with Crippen LogP contribution in [0.4, 0.5) is 17.1 Å². The summed E-state index contributed by atoms with van der Waals surface area (Å²) in [6.45, 7) is 0. The molecule has 1 aromatic carbocycles. The van der Waals surface area contributed by atoms with Crippen LogP contribution in [-0.4, -0.2) is 10.1 Å². The van der Waals surface area contributed by atoms with Crippen LogP contribution in [-0.2, 0) is 0 Å². The van der Waals surface area contributed by atoms with Gasteiger partial charge in [0.1, 0.15) is 0 Å². The summed E-state index contributed by atoms with van der Waals surface area (Å²) in [5.41, 5.74) is 0.149. The van der Waals surface area contributed by atoms with Gasteiger partial charge in [-0.05, 0) is 6.07 Å². The minimum atomic E-state index is -1.06. The van der Waals surface area contributed by atoms with E-state index in [1.54, 1.807) is 12.1 Å². The summed E-state index contributed by atoms with van der Waals surface area (Å²) in [5, 5.41) is 38.0. The van der Waals surface area contributed by atoms with Gasteiger partial charge in [-0.25, -0.2) is 0 Å². The summed E-state index contributed by atoms with van der Waals surface area (Å²) in [4.78, 5) is 10.2.